The molecule has 0 aliphatic carbocycles. The van der Waals surface area contributed by atoms with Gasteiger partial charge in [-0.2, -0.15) is 0 Å². The molecule has 0 radical (unpaired) electrons. The molecule has 92 valence electrons. The fourth-order valence-corrected chi connectivity index (χ4v) is 2.67. The average Bonchev–Trinajstić information content (AvgIpc) is 2.64. The predicted octanol–water partition coefficient (Wildman–Crippen LogP) is 2.95. The second-order valence-electron chi connectivity index (χ2n) is 4.60. The van der Waals surface area contributed by atoms with Crippen LogP contribution in [0.25, 0.3) is 0 Å². The molecule has 2 atom stereocenters. The number of aliphatic carboxylic acids is 1. The number of carboxylic acids is 1. The highest BCUT2D eigenvalue weighted by molar-refractivity contribution is 6.30. The molecule has 1 aromatic rings. The van der Waals surface area contributed by atoms with Crippen molar-refractivity contribution < 1.29 is 9.90 Å². The van der Waals surface area contributed by atoms with Crippen LogP contribution in [-0.4, -0.2) is 23.7 Å². The lowest BCUT2D eigenvalue weighted by Gasteiger charge is -2.27. The zero-order valence-corrected chi connectivity index (χ0v) is 10.7. The highest BCUT2D eigenvalue weighted by Gasteiger charge is 2.36. The first-order valence-electron chi connectivity index (χ1n) is 5.76. The zero-order valence-electron chi connectivity index (χ0n) is 9.98. The molecule has 1 fully saturated rings. The topological polar surface area (TPSA) is 40.5 Å². The third-order valence-electron chi connectivity index (χ3n) is 3.55. The van der Waals surface area contributed by atoms with Crippen molar-refractivity contribution in [3.05, 3.63) is 28.8 Å². The van der Waals surface area contributed by atoms with Gasteiger partial charge in [-0.3, -0.25) is 4.79 Å². The van der Waals surface area contributed by atoms with Gasteiger partial charge in [0.05, 0.1) is 5.92 Å². The standard InChI is InChI=1S/C13H16ClNO2/c1-8-3-4-10(14)7-12(8)15-6-5-11(9(15)2)13(16)17/h3-4,7,9,11H,5-6H2,1-2H3,(H,16,17). The van der Waals surface area contributed by atoms with Crippen LogP contribution in [0.4, 0.5) is 5.69 Å². The van der Waals surface area contributed by atoms with E-state index in [4.69, 9.17) is 16.7 Å². The first-order chi connectivity index (χ1) is 8.00. The van der Waals surface area contributed by atoms with Crippen molar-refractivity contribution in [2.75, 3.05) is 11.4 Å². The van der Waals surface area contributed by atoms with Gasteiger partial charge < -0.3 is 10.0 Å². The molecule has 4 heteroatoms. The molecule has 1 aliphatic rings. The van der Waals surface area contributed by atoms with E-state index in [2.05, 4.69) is 4.90 Å². The van der Waals surface area contributed by atoms with Crippen molar-refractivity contribution in [1.29, 1.82) is 0 Å². The van der Waals surface area contributed by atoms with Gasteiger partial charge in [-0.05, 0) is 38.0 Å². The molecule has 0 bridgehead atoms. The maximum atomic E-state index is 11.1. The van der Waals surface area contributed by atoms with Crippen LogP contribution < -0.4 is 4.90 Å². The third-order valence-corrected chi connectivity index (χ3v) is 3.79. The van der Waals surface area contributed by atoms with Gasteiger partial charge >= 0.3 is 5.97 Å². The fraction of sp³-hybridized carbons (Fsp3) is 0.462. The lowest BCUT2D eigenvalue weighted by atomic mass is 10.0. The van der Waals surface area contributed by atoms with Crippen LogP contribution in [0.3, 0.4) is 0 Å². The Morgan fingerprint density at radius 3 is 2.82 bits per heavy atom. The van der Waals surface area contributed by atoms with Crippen molar-refractivity contribution in [3.8, 4) is 0 Å². The number of halogens is 1. The smallest absolute Gasteiger partial charge is 0.308 e. The molecule has 1 N–H and O–H groups in total. The molecule has 0 amide bonds. The molecule has 1 aromatic carbocycles. The van der Waals surface area contributed by atoms with Crippen molar-refractivity contribution in [1.82, 2.24) is 0 Å². The van der Waals surface area contributed by atoms with E-state index in [9.17, 15) is 4.79 Å². The van der Waals surface area contributed by atoms with Crippen LogP contribution >= 0.6 is 11.6 Å². The van der Waals surface area contributed by atoms with Crippen LogP contribution in [-0.2, 0) is 4.79 Å². The maximum absolute atomic E-state index is 11.1. The second kappa shape index (κ2) is 4.57. The van der Waals surface area contributed by atoms with Crippen LogP contribution in [0.2, 0.25) is 5.02 Å². The van der Waals surface area contributed by atoms with Gasteiger partial charge in [0.25, 0.3) is 0 Å². The van der Waals surface area contributed by atoms with Crippen molar-refractivity contribution >= 4 is 23.3 Å². The minimum atomic E-state index is -0.709. The van der Waals surface area contributed by atoms with Crippen molar-refractivity contribution in [2.24, 2.45) is 5.92 Å². The summed E-state index contributed by atoms with van der Waals surface area (Å²) < 4.78 is 0. The Kier molecular flexibility index (Phi) is 3.29. The molecule has 1 saturated heterocycles. The Balaban J connectivity index is 2.30. The summed E-state index contributed by atoms with van der Waals surface area (Å²) in [7, 11) is 0. The molecular weight excluding hydrogens is 238 g/mol. The van der Waals surface area contributed by atoms with E-state index in [1.165, 1.54) is 0 Å². The van der Waals surface area contributed by atoms with Gasteiger partial charge in [0.1, 0.15) is 0 Å². The number of anilines is 1. The predicted molar refractivity (Wildman–Crippen MR) is 68.7 cm³/mol. The first kappa shape index (κ1) is 12.2. The number of benzene rings is 1. The minimum Gasteiger partial charge on any atom is -0.481 e. The Labute approximate surface area is 106 Å². The molecule has 0 aromatic heterocycles. The number of hydrogen-bond acceptors (Lipinski definition) is 2. The van der Waals surface area contributed by atoms with Crippen LogP contribution in [0, 0.1) is 12.8 Å². The van der Waals surface area contributed by atoms with E-state index in [0.29, 0.717) is 11.4 Å². The summed E-state index contributed by atoms with van der Waals surface area (Å²) in [6, 6.07) is 5.76. The molecule has 0 saturated carbocycles. The summed E-state index contributed by atoms with van der Waals surface area (Å²) in [5, 5.41) is 9.81. The van der Waals surface area contributed by atoms with E-state index < -0.39 is 5.97 Å². The quantitative estimate of drug-likeness (QED) is 0.881. The Hall–Kier alpha value is -1.22. The summed E-state index contributed by atoms with van der Waals surface area (Å²) in [5.41, 5.74) is 2.18. The van der Waals surface area contributed by atoms with E-state index >= 15 is 0 Å². The van der Waals surface area contributed by atoms with Gasteiger partial charge in [-0.1, -0.05) is 17.7 Å². The summed E-state index contributed by atoms with van der Waals surface area (Å²) >= 11 is 6.00. The van der Waals surface area contributed by atoms with Gasteiger partial charge in [-0.25, -0.2) is 0 Å². The normalized spacial score (nSPS) is 24.1. The maximum Gasteiger partial charge on any atom is 0.308 e. The summed E-state index contributed by atoms with van der Waals surface area (Å²) in [6.07, 6.45) is 0.697. The minimum absolute atomic E-state index is 0.0182. The summed E-state index contributed by atoms with van der Waals surface area (Å²) in [4.78, 5) is 13.2. The summed E-state index contributed by atoms with van der Waals surface area (Å²) in [6.45, 7) is 4.76. The van der Waals surface area contributed by atoms with E-state index in [1.807, 2.05) is 32.0 Å². The SMILES string of the molecule is Cc1ccc(Cl)cc1N1CCC(C(=O)O)C1C. The molecule has 1 aliphatic heterocycles. The first-order valence-corrected chi connectivity index (χ1v) is 6.14. The van der Waals surface area contributed by atoms with Gasteiger partial charge in [0.2, 0.25) is 0 Å². The van der Waals surface area contributed by atoms with E-state index in [0.717, 1.165) is 17.8 Å². The molecule has 3 nitrogen and oxygen atoms in total. The molecule has 2 rings (SSSR count). The Bertz CT molecular complexity index is 447. The fourth-order valence-electron chi connectivity index (χ4n) is 2.50. The number of carbonyl (C=O) groups is 1. The van der Waals surface area contributed by atoms with Gasteiger partial charge in [0.15, 0.2) is 0 Å². The highest BCUT2D eigenvalue weighted by atomic mass is 35.5. The van der Waals surface area contributed by atoms with E-state index in [-0.39, 0.29) is 12.0 Å². The van der Waals surface area contributed by atoms with Crippen LogP contribution in [0.15, 0.2) is 18.2 Å². The van der Waals surface area contributed by atoms with Crippen molar-refractivity contribution in [3.63, 3.8) is 0 Å². The molecule has 2 unspecified atom stereocenters. The van der Waals surface area contributed by atoms with Crippen molar-refractivity contribution in [2.45, 2.75) is 26.3 Å². The third kappa shape index (κ3) is 2.25. The van der Waals surface area contributed by atoms with Crippen LogP contribution in [0.5, 0.6) is 0 Å². The molecule has 1 heterocycles. The summed E-state index contributed by atoms with van der Waals surface area (Å²) in [5.74, 6) is -0.993. The second-order valence-corrected chi connectivity index (χ2v) is 5.03. The molecule has 17 heavy (non-hydrogen) atoms. The number of rotatable bonds is 2. The Morgan fingerprint density at radius 2 is 2.24 bits per heavy atom. The number of carboxylic acid groups (broad SMARTS) is 1. The number of aryl methyl sites for hydroxylation is 1. The monoisotopic (exact) mass is 253 g/mol. The van der Waals surface area contributed by atoms with E-state index in [1.54, 1.807) is 0 Å². The molecular formula is C13H16ClNO2. The molecule has 0 spiro atoms. The zero-order chi connectivity index (χ0) is 12.6. The largest absolute Gasteiger partial charge is 0.481 e. The highest BCUT2D eigenvalue weighted by Crippen LogP contribution is 2.33. The number of nitrogens with zero attached hydrogens (tertiary/aromatic N) is 1. The van der Waals surface area contributed by atoms with Gasteiger partial charge in [0, 0.05) is 23.3 Å². The average molecular weight is 254 g/mol. The van der Waals surface area contributed by atoms with Gasteiger partial charge in [-0.15, -0.1) is 0 Å². The lowest BCUT2D eigenvalue weighted by molar-refractivity contribution is -0.141. The Morgan fingerprint density at radius 1 is 1.53 bits per heavy atom. The number of hydrogen-bond donors (Lipinski definition) is 1. The lowest BCUT2D eigenvalue weighted by Crippen LogP contribution is -2.33. The van der Waals surface area contributed by atoms with Crippen LogP contribution in [0.1, 0.15) is 18.9 Å².